The smallest absolute Gasteiger partial charge is 0.290 e. The third kappa shape index (κ3) is 3.35. The summed E-state index contributed by atoms with van der Waals surface area (Å²) in [6, 6.07) is 6.96. The second-order valence-electron chi connectivity index (χ2n) is 7.61. The molecule has 1 amide bonds. The lowest BCUT2D eigenvalue weighted by Gasteiger charge is -2.32. The summed E-state index contributed by atoms with van der Waals surface area (Å²) in [4.78, 5) is 27.4. The Balaban J connectivity index is 2.03. The van der Waals surface area contributed by atoms with Crippen LogP contribution in [-0.2, 0) is 9.59 Å². The molecule has 1 atom stereocenters. The molecule has 5 heteroatoms. The normalized spacial score (nSPS) is 21.2. The fourth-order valence-electron chi connectivity index (χ4n) is 4.06. The average Bonchev–Trinajstić information content (AvgIpc) is 3.22. The van der Waals surface area contributed by atoms with E-state index in [0.717, 1.165) is 31.2 Å². The Morgan fingerprint density at radius 1 is 1.23 bits per heavy atom. The molecule has 26 heavy (non-hydrogen) atoms. The first-order valence-corrected chi connectivity index (χ1v) is 9.37. The van der Waals surface area contributed by atoms with Crippen molar-refractivity contribution in [3.05, 3.63) is 41.2 Å². The standard InChI is InChI=1S/C21H27NO4/c1-13(2)12-17(23)18-19(14-8-10-16(26-3)11-9-14)22(21(25)20(18)24)15-6-4-5-7-15/h8-11,13,15,19,24H,4-7,12H2,1-3H3. The quantitative estimate of drug-likeness (QED) is 0.837. The van der Waals surface area contributed by atoms with Gasteiger partial charge in [0.05, 0.1) is 18.7 Å². The van der Waals surface area contributed by atoms with Gasteiger partial charge in [-0.3, -0.25) is 9.59 Å². The topological polar surface area (TPSA) is 66.8 Å². The van der Waals surface area contributed by atoms with Crippen molar-refractivity contribution in [2.24, 2.45) is 5.92 Å². The van der Waals surface area contributed by atoms with E-state index in [9.17, 15) is 14.7 Å². The monoisotopic (exact) mass is 357 g/mol. The molecule has 140 valence electrons. The van der Waals surface area contributed by atoms with Crippen molar-refractivity contribution in [1.29, 1.82) is 0 Å². The van der Waals surface area contributed by atoms with Crippen LogP contribution in [0.25, 0.3) is 0 Å². The number of ether oxygens (including phenoxy) is 1. The molecule has 1 saturated carbocycles. The molecule has 1 fully saturated rings. The lowest BCUT2D eigenvalue weighted by molar-refractivity contribution is -0.131. The summed E-state index contributed by atoms with van der Waals surface area (Å²) >= 11 is 0. The van der Waals surface area contributed by atoms with Crippen molar-refractivity contribution < 1.29 is 19.4 Å². The van der Waals surface area contributed by atoms with Gasteiger partial charge in [-0.2, -0.15) is 0 Å². The molecule has 3 rings (SSSR count). The zero-order valence-corrected chi connectivity index (χ0v) is 15.7. The molecule has 1 aliphatic carbocycles. The number of Topliss-reactive ketones (excluding diaryl/α,β-unsaturated/α-hetero) is 1. The highest BCUT2D eigenvalue weighted by molar-refractivity contribution is 6.09. The molecule has 0 spiro atoms. The van der Waals surface area contributed by atoms with Gasteiger partial charge in [0.2, 0.25) is 0 Å². The first-order valence-electron chi connectivity index (χ1n) is 9.37. The van der Waals surface area contributed by atoms with Crippen molar-refractivity contribution in [2.75, 3.05) is 7.11 Å². The summed E-state index contributed by atoms with van der Waals surface area (Å²) in [5.41, 5.74) is 1.09. The van der Waals surface area contributed by atoms with E-state index in [0.29, 0.717) is 12.2 Å². The van der Waals surface area contributed by atoms with Gasteiger partial charge < -0.3 is 14.7 Å². The number of rotatable bonds is 6. The number of nitrogens with zero attached hydrogens (tertiary/aromatic N) is 1. The van der Waals surface area contributed by atoms with Crippen LogP contribution in [0.15, 0.2) is 35.6 Å². The van der Waals surface area contributed by atoms with Crippen molar-refractivity contribution >= 4 is 11.7 Å². The van der Waals surface area contributed by atoms with Crippen LogP contribution in [0.2, 0.25) is 0 Å². The van der Waals surface area contributed by atoms with E-state index < -0.39 is 11.9 Å². The SMILES string of the molecule is COc1ccc(C2C(C(=O)CC(C)C)=C(O)C(=O)N2C2CCCC2)cc1. The second-order valence-corrected chi connectivity index (χ2v) is 7.61. The van der Waals surface area contributed by atoms with E-state index in [1.807, 2.05) is 38.1 Å². The van der Waals surface area contributed by atoms with Gasteiger partial charge in [-0.05, 0) is 36.5 Å². The third-order valence-electron chi connectivity index (χ3n) is 5.29. The zero-order chi connectivity index (χ0) is 18.8. The van der Waals surface area contributed by atoms with Gasteiger partial charge in [-0.1, -0.05) is 38.8 Å². The number of ketones is 1. The van der Waals surface area contributed by atoms with Crippen LogP contribution >= 0.6 is 0 Å². The van der Waals surface area contributed by atoms with Crippen molar-refractivity contribution in [3.8, 4) is 5.75 Å². The minimum absolute atomic E-state index is 0.0705. The van der Waals surface area contributed by atoms with Crippen LogP contribution in [0.1, 0.15) is 57.6 Å². The molecule has 1 aromatic rings. The Hall–Kier alpha value is -2.30. The fourth-order valence-corrected chi connectivity index (χ4v) is 4.06. The number of amides is 1. The molecule has 1 unspecified atom stereocenters. The maximum atomic E-state index is 12.9. The van der Waals surface area contributed by atoms with Gasteiger partial charge in [0.1, 0.15) is 5.75 Å². The molecule has 5 nitrogen and oxygen atoms in total. The van der Waals surface area contributed by atoms with Crippen LogP contribution in [0.5, 0.6) is 5.75 Å². The number of aliphatic hydroxyl groups excluding tert-OH is 1. The maximum absolute atomic E-state index is 12.9. The molecule has 0 radical (unpaired) electrons. The van der Waals surface area contributed by atoms with Crippen molar-refractivity contribution in [1.82, 2.24) is 4.90 Å². The first kappa shape index (κ1) is 18.5. The Kier molecular flexibility index (Phi) is 5.35. The lowest BCUT2D eigenvalue weighted by atomic mass is 9.91. The van der Waals surface area contributed by atoms with Crippen LogP contribution in [0.3, 0.4) is 0 Å². The molecule has 1 aliphatic heterocycles. The van der Waals surface area contributed by atoms with Crippen molar-refractivity contribution in [2.45, 2.75) is 58.0 Å². The minimum Gasteiger partial charge on any atom is -0.503 e. The predicted octanol–water partition coefficient (Wildman–Crippen LogP) is 3.95. The number of methoxy groups -OCH3 is 1. The van der Waals surface area contributed by atoms with E-state index in [4.69, 9.17) is 4.74 Å². The molecular formula is C21H27NO4. The predicted molar refractivity (Wildman–Crippen MR) is 99.0 cm³/mol. The summed E-state index contributed by atoms with van der Waals surface area (Å²) < 4.78 is 5.22. The highest BCUT2D eigenvalue weighted by atomic mass is 16.5. The summed E-state index contributed by atoms with van der Waals surface area (Å²) in [6.45, 7) is 3.92. The van der Waals surface area contributed by atoms with Crippen LogP contribution < -0.4 is 4.74 Å². The molecule has 0 aromatic heterocycles. The fraction of sp³-hybridized carbons (Fsp3) is 0.524. The van der Waals surface area contributed by atoms with E-state index in [2.05, 4.69) is 0 Å². The molecule has 0 saturated heterocycles. The van der Waals surface area contributed by atoms with E-state index in [1.165, 1.54) is 0 Å². The molecule has 2 aliphatic rings. The summed E-state index contributed by atoms with van der Waals surface area (Å²) in [5, 5.41) is 10.5. The Labute approximate surface area is 154 Å². The number of carbonyl (C=O) groups is 2. The van der Waals surface area contributed by atoms with Gasteiger partial charge in [0.15, 0.2) is 11.5 Å². The van der Waals surface area contributed by atoms with Gasteiger partial charge in [0.25, 0.3) is 5.91 Å². The minimum atomic E-state index is -0.511. The van der Waals surface area contributed by atoms with E-state index in [1.54, 1.807) is 12.0 Å². The van der Waals surface area contributed by atoms with Crippen LogP contribution in [-0.4, -0.2) is 34.8 Å². The van der Waals surface area contributed by atoms with Crippen LogP contribution in [0.4, 0.5) is 0 Å². The van der Waals surface area contributed by atoms with Gasteiger partial charge in [0, 0.05) is 12.5 Å². The molecule has 0 bridgehead atoms. The number of carbonyl (C=O) groups excluding carboxylic acids is 2. The largest absolute Gasteiger partial charge is 0.503 e. The number of aliphatic hydroxyl groups is 1. The number of benzene rings is 1. The van der Waals surface area contributed by atoms with Gasteiger partial charge >= 0.3 is 0 Å². The second kappa shape index (κ2) is 7.52. The summed E-state index contributed by atoms with van der Waals surface area (Å²) in [5.74, 6) is -0.0518. The number of hydrogen-bond acceptors (Lipinski definition) is 4. The van der Waals surface area contributed by atoms with E-state index in [-0.39, 0.29) is 29.1 Å². The summed E-state index contributed by atoms with van der Waals surface area (Å²) in [7, 11) is 1.60. The average molecular weight is 357 g/mol. The Bertz CT molecular complexity index is 714. The highest BCUT2D eigenvalue weighted by Gasteiger charge is 2.46. The summed E-state index contributed by atoms with van der Waals surface area (Å²) in [6.07, 6.45) is 4.28. The third-order valence-corrected chi connectivity index (χ3v) is 5.29. The molecule has 1 aromatic carbocycles. The van der Waals surface area contributed by atoms with Gasteiger partial charge in [-0.25, -0.2) is 0 Å². The molecule has 1 heterocycles. The number of hydrogen-bond donors (Lipinski definition) is 1. The maximum Gasteiger partial charge on any atom is 0.290 e. The lowest BCUT2D eigenvalue weighted by Crippen LogP contribution is -2.38. The zero-order valence-electron chi connectivity index (χ0n) is 15.7. The Morgan fingerprint density at radius 2 is 1.85 bits per heavy atom. The molecule has 1 N–H and O–H groups in total. The first-order chi connectivity index (χ1) is 12.4. The van der Waals surface area contributed by atoms with E-state index >= 15 is 0 Å². The highest BCUT2D eigenvalue weighted by Crippen LogP contribution is 2.43. The van der Waals surface area contributed by atoms with Crippen LogP contribution in [0, 0.1) is 5.92 Å². The van der Waals surface area contributed by atoms with Crippen molar-refractivity contribution in [3.63, 3.8) is 0 Å². The Morgan fingerprint density at radius 3 is 2.38 bits per heavy atom. The molecular weight excluding hydrogens is 330 g/mol. The van der Waals surface area contributed by atoms with Gasteiger partial charge in [-0.15, -0.1) is 0 Å².